The van der Waals surface area contributed by atoms with Crippen LogP contribution < -0.4 is 5.32 Å². The number of carbonyl (C=O) groups is 1. The Morgan fingerprint density at radius 2 is 0.904 bits per heavy atom. The lowest BCUT2D eigenvalue weighted by molar-refractivity contribution is -0.508. The third-order valence-corrected chi connectivity index (χ3v) is 17.9. The molecule has 0 aromatic carbocycles. The molecule has 7 heterocycles. The van der Waals surface area contributed by atoms with Gasteiger partial charge in [0, 0.05) is 29.9 Å². The zero-order valence-corrected chi connectivity index (χ0v) is 52.2. The SMILES string of the molecule is O=C(CCCO[C@H]1OC(CO[C@H]2OC(CO[C@H]3OC(CO)[C@@H](O)[C@H](O)C3O[C@H]3OC(CO)[C@@H](O)[C@H](O)C3O)[C@@H](O)[C@H](O)C2O)[C@@H](O)[C@H](O[C@H]2OC(CO)[C@@H](O)[C@H](O)C2O[C@H]2OC(CO)[C@@H](O)[C@H](O)C2O)C1O)NCCSSC1N=CC=CC1[N+](=O)[O-].O=POO.O=POO. The van der Waals surface area contributed by atoms with Gasteiger partial charge in [0.05, 0.1) is 46.2 Å². The third kappa shape index (κ3) is 21.9. The molecule has 0 saturated carbocycles. The smallest absolute Gasteiger partial charge is 0.358 e. The van der Waals surface area contributed by atoms with Gasteiger partial charge in [0.15, 0.2) is 43.1 Å². The molecule has 544 valence electrons. The number of aliphatic imine (C=N–C) groups is 1. The Balaban J connectivity index is 0.00000189. The van der Waals surface area contributed by atoms with Gasteiger partial charge in [-0.15, -0.1) is 9.35 Å². The van der Waals surface area contributed by atoms with E-state index in [1.807, 2.05) is 0 Å². The summed E-state index contributed by atoms with van der Waals surface area (Å²) in [6.07, 6.45) is -53.4. The zero-order valence-electron chi connectivity index (χ0n) is 48.7. The minimum Gasteiger partial charge on any atom is -0.394 e. The maximum absolute atomic E-state index is 12.8. The van der Waals surface area contributed by atoms with Gasteiger partial charge in [-0.05, 0) is 18.6 Å². The predicted octanol–water partition coefficient (Wildman–Crippen LogP) is -10.8. The van der Waals surface area contributed by atoms with Crippen molar-refractivity contribution in [2.75, 3.05) is 58.5 Å². The molecule has 0 bridgehead atoms. The molecule has 7 aliphatic rings. The minimum atomic E-state index is -2.12. The van der Waals surface area contributed by atoms with E-state index >= 15 is 0 Å². The summed E-state index contributed by atoms with van der Waals surface area (Å²) < 4.78 is 92.1. The first-order valence-electron chi connectivity index (χ1n) is 28.3. The standard InChI is InChI=1S/C47H77N3O34S2.2HO3P/c51-9-16-23(56)29(62)35(68)44(76-16)83-39-32(65)25(58)18(11-53)78-46(39)75-13-20-27(60)31(64)34(67)42(80-20)74-14-21-28(61)38(82-47-40(33(66)26(59)19(12-54)79-47)84-45-36(69)30(63)24(57)17(10-52)77-45)37(70)43(81-21)73-7-2-4-22(55)48-6-8-85-86-41-15(50(71)72)3-1-5-49-41;2*1-3-4-2/h1,3,5,15-21,23-47,51-54,56-70H,2,4,6-14H2,(H,48,55);2*1H/t15?,16?,17?,18?,19?,20?,21?,23-,24-,25-,26-,27-,28-,29+,30+,31+,32+,33+,34?,35?,36?,37?,38+,39?,40?,41?,42+,43+,44-,45-,46+,47-;;/m1../s1. The van der Waals surface area contributed by atoms with Crippen molar-refractivity contribution in [2.45, 2.75) is 208 Å². The average molecular weight is 1450 g/mol. The largest absolute Gasteiger partial charge is 0.394 e. The van der Waals surface area contributed by atoms with Gasteiger partial charge in [0.1, 0.15) is 146 Å². The molecule has 6 saturated heterocycles. The van der Waals surface area contributed by atoms with Crippen LogP contribution in [-0.2, 0) is 80.1 Å². The molecule has 0 radical (unpaired) electrons. The Hall–Kier alpha value is -2.22. The fourth-order valence-corrected chi connectivity index (χ4v) is 12.3. The van der Waals surface area contributed by atoms with Crippen molar-refractivity contribution in [3.05, 3.63) is 22.3 Å². The number of nitrogens with one attached hydrogen (secondary N) is 1. The van der Waals surface area contributed by atoms with E-state index in [4.69, 9.17) is 76.5 Å². The number of amides is 1. The molecular weight excluding hydrogens is 1370 g/mol. The van der Waals surface area contributed by atoms with E-state index in [1.54, 1.807) is 0 Å². The topological polar surface area (TPSA) is 673 Å². The summed E-state index contributed by atoms with van der Waals surface area (Å²) in [5, 5.41) is 230. The molecule has 7 rings (SSSR count). The highest BCUT2D eigenvalue weighted by Gasteiger charge is 2.56. The van der Waals surface area contributed by atoms with E-state index in [1.165, 1.54) is 29.2 Å². The molecule has 6 fully saturated rings. The molecule has 0 spiro atoms. The molecule has 43 nitrogen and oxygen atoms in total. The number of ether oxygens (including phenoxy) is 12. The number of carbonyl (C=O) groups excluding carboxylic acids is 1. The number of hydrogen-bond acceptors (Lipinski definition) is 43. The van der Waals surface area contributed by atoms with Crippen LogP contribution in [0.4, 0.5) is 0 Å². The lowest BCUT2D eigenvalue weighted by Crippen LogP contribution is -2.67. The monoisotopic (exact) mass is 1450 g/mol. The fourth-order valence-electron chi connectivity index (χ4n) is 9.99. The second-order valence-electron chi connectivity index (χ2n) is 21.2. The Bertz CT molecular complexity index is 2300. The Labute approximate surface area is 541 Å². The molecule has 0 aromatic rings. The van der Waals surface area contributed by atoms with Gasteiger partial charge >= 0.3 is 17.4 Å². The normalized spacial score (nSPS) is 43.2. The summed E-state index contributed by atoms with van der Waals surface area (Å²) in [7, 11) is 1.02. The second-order valence-corrected chi connectivity index (χ2v) is 24.4. The number of aliphatic hydroxyl groups is 19. The van der Waals surface area contributed by atoms with E-state index in [2.05, 4.69) is 19.7 Å². The Morgan fingerprint density at radius 3 is 1.38 bits per heavy atom. The van der Waals surface area contributed by atoms with E-state index in [9.17, 15) is 112 Å². The molecular formula is C47H79N3O40P2S2. The maximum atomic E-state index is 12.8. The second kappa shape index (κ2) is 40.9. The van der Waals surface area contributed by atoms with Gasteiger partial charge in [-0.2, -0.15) is 0 Å². The number of hydrogen-bond donors (Lipinski definition) is 22. The number of aliphatic hydroxyl groups excluding tert-OH is 19. The summed E-state index contributed by atoms with van der Waals surface area (Å²) >= 11 is 0. The van der Waals surface area contributed by atoms with Crippen LogP contribution in [0, 0.1) is 10.1 Å². The number of rotatable bonds is 29. The highest BCUT2D eigenvalue weighted by molar-refractivity contribution is 8.77. The van der Waals surface area contributed by atoms with Gasteiger partial charge in [0.2, 0.25) is 5.91 Å². The molecule has 32 atom stereocenters. The molecule has 22 N–H and O–H groups in total. The number of nitro groups is 1. The van der Waals surface area contributed by atoms with Gasteiger partial charge in [-0.25, -0.2) is 19.6 Å². The lowest BCUT2D eigenvalue weighted by Gasteiger charge is -2.48. The Kier molecular flexibility index (Phi) is 35.9. The zero-order chi connectivity index (χ0) is 69.7. The van der Waals surface area contributed by atoms with E-state index in [-0.39, 0.29) is 26.0 Å². The van der Waals surface area contributed by atoms with Crippen LogP contribution in [0.25, 0.3) is 0 Å². The van der Waals surface area contributed by atoms with Crippen LogP contribution in [0.1, 0.15) is 12.8 Å². The molecule has 0 aliphatic carbocycles. The highest BCUT2D eigenvalue weighted by Crippen LogP contribution is 2.37. The first-order chi connectivity index (χ1) is 44.8. The van der Waals surface area contributed by atoms with Crippen molar-refractivity contribution in [1.29, 1.82) is 0 Å². The summed E-state index contributed by atoms with van der Waals surface area (Å²) in [5.41, 5.74) is 0. The molecule has 1 amide bonds. The fraction of sp³-hybridized carbons (Fsp3) is 0.915. The van der Waals surface area contributed by atoms with Crippen molar-refractivity contribution in [3.8, 4) is 0 Å². The molecule has 47 heteroatoms. The molecule has 14 unspecified atom stereocenters. The maximum Gasteiger partial charge on any atom is 0.358 e. The highest BCUT2D eigenvalue weighted by atomic mass is 33.1. The quantitative estimate of drug-likeness (QED) is 0.00826. The van der Waals surface area contributed by atoms with Crippen LogP contribution in [-0.4, -0.2) is 379 Å². The minimum absolute atomic E-state index is 0.0370. The van der Waals surface area contributed by atoms with Gasteiger partial charge < -0.3 is 159 Å². The number of nitrogens with zero attached hydrogens (tertiary/aromatic N) is 2. The van der Waals surface area contributed by atoms with Crippen LogP contribution in [0.5, 0.6) is 0 Å². The van der Waals surface area contributed by atoms with Crippen LogP contribution in [0.15, 0.2) is 17.1 Å². The van der Waals surface area contributed by atoms with Gasteiger partial charge in [-0.1, -0.05) is 21.6 Å². The summed E-state index contributed by atoms with van der Waals surface area (Å²) in [6, 6.07) is -1.02. The summed E-state index contributed by atoms with van der Waals surface area (Å²) in [5.74, 6) is -0.105. The molecule has 0 aromatic heterocycles. The average Bonchev–Trinajstić information content (AvgIpc) is 0.784. The van der Waals surface area contributed by atoms with Gasteiger partial charge in [-0.3, -0.25) is 19.9 Å². The van der Waals surface area contributed by atoms with Crippen molar-refractivity contribution >= 4 is 51.1 Å². The van der Waals surface area contributed by atoms with Crippen molar-refractivity contribution in [3.63, 3.8) is 0 Å². The van der Waals surface area contributed by atoms with Crippen molar-refractivity contribution in [2.24, 2.45) is 4.99 Å². The molecule has 7 aliphatic heterocycles. The Morgan fingerprint density at radius 1 is 0.511 bits per heavy atom. The van der Waals surface area contributed by atoms with Gasteiger partial charge in [0.25, 0.3) is 6.04 Å². The van der Waals surface area contributed by atoms with Crippen LogP contribution in [0.3, 0.4) is 0 Å². The summed E-state index contributed by atoms with van der Waals surface area (Å²) in [4.78, 5) is 27.8. The van der Waals surface area contributed by atoms with Crippen LogP contribution in [0.2, 0.25) is 0 Å². The third-order valence-electron chi connectivity index (χ3n) is 15.1. The predicted molar refractivity (Wildman–Crippen MR) is 300 cm³/mol. The number of dihydropyridines is 1. The summed E-state index contributed by atoms with van der Waals surface area (Å²) in [6.45, 7) is -5.65. The lowest BCUT2D eigenvalue weighted by atomic mass is 9.96. The van der Waals surface area contributed by atoms with E-state index < -0.39 is 263 Å². The number of allylic oxidation sites excluding steroid dienone is 1. The van der Waals surface area contributed by atoms with Crippen molar-refractivity contribution in [1.82, 2.24) is 5.32 Å². The van der Waals surface area contributed by atoms with Crippen LogP contribution >= 0.6 is 39.0 Å². The first-order valence-corrected chi connectivity index (χ1v) is 32.2. The van der Waals surface area contributed by atoms with Crippen molar-refractivity contribution < 1.29 is 193 Å². The van der Waals surface area contributed by atoms with E-state index in [0.717, 1.165) is 10.8 Å². The first kappa shape index (κ1) is 82.4. The molecule has 94 heavy (non-hydrogen) atoms. The van der Waals surface area contributed by atoms with E-state index in [0.29, 0.717) is 5.75 Å².